The maximum Gasteiger partial charge on any atom is 0.230 e. The Morgan fingerprint density at radius 3 is 2.76 bits per heavy atom. The summed E-state index contributed by atoms with van der Waals surface area (Å²) in [5, 5.41) is 6.01. The molecule has 0 unspecified atom stereocenters. The Kier molecular flexibility index (Phi) is 3.43. The Labute approximate surface area is 100 Å². The summed E-state index contributed by atoms with van der Waals surface area (Å²) in [5.74, 6) is -0.358. The first-order valence-corrected chi connectivity index (χ1v) is 5.88. The first-order valence-electron chi connectivity index (χ1n) is 5.88. The van der Waals surface area contributed by atoms with Crippen LogP contribution in [0.15, 0.2) is 24.3 Å². The molecule has 2 rings (SSSR count). The summed E-state index contributed by atoms with van der Waals surface area (Å²) in [6.45, 7) is 3.67. The molecule has 1 amide bonds. The van der Waals surface area contributed by atoms with Crippen molar-refractivity contribution in [2.45, 2.75) is 19.8 Å². The van der Waals surface area contributed by atoms with Gasteiger partial charge in [0, 0.05) is 11.1 Å². The van der Waals surface area contributed by atoms with Gasteiger partial charge in [-0.15, -0.1) is 0 Å². The van der Waals surface area contributed by atoms with Gasteiger partial charge >= 0.3 is 0 Å². The molecule has 1 aromatic carbocycles. The van der Waals surface area contributed by atoms with Crippen LogP contribution in [0.25, 0.3) is 0 Å². The molecule has 0 aromatic heterocycles. The molecule has 1 heterocycles. The summed E-state index contributed by atoms with van der Waals surface area (Å²) in [6, 6.07) is 5.99. The SMILES string of the molecule is CC1(C(=O)Nc2cccc(F)c2)CCNCC1. The first kappa shape index (κ1) is 12.0. The predicted octanol–water partition coefficient (Wildman–Crippen LogP) is 2.15. The lowest BCUT2D eigenvalue weighted by Gasteiger charge is -2.32. The third kappa shape index (κ3) is 2.82. The molecule has 92 valence electrons. The van der Waals surface area contributed by atoms with Gasteiger partial charge in [-0.1, -0.05) is 13.0 Å². The van der Waals surface area contributed by atoms with E-state index < -0.39 is 0 Å². The quantitative estimate of drug-likeness (QED) is 0.826. The molecule has 1 fully saturated rings. The molecule has 0 aliphatic carbocycles. The minimum Gasteiger partial charge on any atom is -0.326 e. The molecular formula is C13H17FN2O. The second-order valence-electron chi connectivity index (χ2n) is 4.78. The van der Waals surface area contributed by atoms with Gasteiger partial charge in [-0.2, -0.15) is 0 Å². The fourth-order valence-electron chi connectivity index (χ4n) is 2.05. The summed E-state index contributed by atoms with van der Waals surface area (Å²) < 4.78 is 13.0. The summed E-state index contributed by atoms with van der Waals surface area (Å²) >= 11 is 0. The van der Waals surface area contributed by atoms with Gasteiger partial charge in [-0.05, 0) is 44.1 Å². The Bertz CT molecular complexity index is 414. The van der Waals surface area contributed by atoms with Crippen molar-refractivity contribution in [1.82, 2.24) is 5.32 Å². The van der Waals surface area contributed by atoms with E-state index in [-0.39, 0.29) is 17.1 Å². The second-order valence-corrected chi connectivity index (χ2v) is 4.78. The van der Waals surface area contributed by atoms with Crippen LogP contribution in [-0.4, -0.2) is 19.0 Å². The van der Waals surface area contributed by atoms with Gasteiger partial charge in [-0.25, -0.2) is 4.39 Å². The van der Waals surface area contributed by atoms with E-state index in [4.69, 9.17) is 0 Å². The maximum atomic E-state index is 13.0. The van der Waals surface area contributed by atoms with E-state index in [1.807, 2.05) is 6.92 Å². The van der Waals surface area contributed by atoms with Crippen LogP contribution in [0.4, 0.5) is 10.1 Å². The molecule has 0 atom stereocenters. The zero-order chi connectivity index (χ0) is 12.3. The van der Waals surface area contributed by atoms with E-state index in [0.29, 0.717) is 5.69 Å². The fourth-order valence-corrected chi connectivity index (χ4v) is 2.05. The number of carbonyl (C=O) groups excluding carboxylic acids is 1. The molecule has 2 N–H and O–H groups in total. The molecule has 0 radical (unpaired) electrons. The third-order valence-corrected chi connectivity index (χ3v) is 3.34. The molecular weight excluding hydrogens is 219 g/mol. The van der Waals surface area contributed by atoms with Crippen molar-refractivity contribution in [3.63, 3.8) is 0 Å². The lowest BCUT2D eigenvalue weighted by Crippen LogP contribution is -2.42. The lowest BCUT2D eigenvalue weighted by atomic mass is 9.80. The van der Waals surface area contributed by atoms with Gasteiger partial charge in [-0.3, -0.25) is 4.79 Å². The van der Waals surface area contributed by atoms with Crippen LogP contribution >= 0.6 is 0 Å². The summed E-state index contributed by atoms with van der Waals surface area (Å²) in [6.07, 6.45) is 1.63. The van der Waals surface area contributed by atoms with Crippen LogP contribution in [0, 0.1) is 11.2 Å². The topological polar surface area (TPSA) is 41.1 Å². The molecule has 17 heavy (non-hydrogen) atoms. The first-order chi connectivity index (χ1) is 8.10. The van der Waals surface area contributed by atoms with E-state index in [2.05, 4.69) is 10.6 Å². The Balaban J connectivity index is 2.05. The molecule has 0 spiro atoms. The maximum absolute atomic E-state index is 13.0. The van der Waals surface area contributed by atoms with E-state index in [0.717, 1.165) is 25.9 Å². The molecule has 0 bridgehead atoms. The van der Waals surface area contributed by atoms with Gasteiger partial charge in [0.05, 0.1) is 0 Å². The monoisotopic (exact) mass is 236 g/mol. The van der Waals surface area contributed by atoms with Crippen molar-refractivity contribution in [1.29, 1.82) is 0 Å². The van der Waals surface area contributed by atoms with Crippen molar-refractivity contribution < 1.29 is 9.18 Å². The summed E-state index contributed by atoms with van der Waals surface area (Å²) in [7, 11) is 0. The average molecular weight is 236 g/mol. The number of hydrogen-bond donors (Lipinski definition) is 2. The number of benzene rings is 1. The standard InChI is InChI=1S/C13H17FN2O/c1-13(5-7-15-8-6-13)12(17)16-11-4-2-3-10(14)9-11/h2-4,9,15H,5-8H2,1H3,(H,16,17). The number of nitrogens with one attached hydrogen (secondary N) is 2. The smallest absolute Gasteiger partial charge is 0.230 e. The molecule has 0 saturated carbocycles. The van der Waals surface area contributed by atoms with Gasteiger partial charge in [0.1, 0.15) is 5.82 Å². The zero-order valence-corrected chi connectivity index (χ0v) is 9.92. The van der Waals surface area contributed by atoms with Crippen molar-refractivity contribution in [3.05, 3.63) is 30.1 Å². The van der Waals surface area contributed by atoms with Crippen LogP contribution in [0.1, 0.15) is 19.8 Å². The fraction of sp³-hybridized carbons (Fsp3) is 0.462. The number of amides is 1. The van der Waals surface area contributed by atoms with E-state index >= 15 is 0 Å². The summed E-state index contributed by atoms with van der Waals surface area (Å²) in [4.78, 5) is 12.1. The lowest BCUT2D eigenvalue weighted by molar-refractivity contribution is -0.126. The van der Waals surface area contributed by atoms with Crippen molar-refractivity contribution >= 4 is 11.6 Å². The van der Waals surface area contributed by atoms with E-state index in [1.54, 1.807) is 12.1 Å². The third-order valence-electron chi connectivity index (χ3n) is 3.34. The molecule has 1 aliphatic rings. The van der Waals surface area contributed by atoms with Crippen molar-refractivity contribution in [3.8, 4) is 0 Å². The number of halogens is 1. The Morgan fingerprint density at radius 2 is 2.12 bits per heavy atom. The number of piperidine rings is 1. The van der Waals surface area contributed by atoms with Gasteiger partial charge in [0.2, 0.25) is 5.91 Å². The van der Waals surface area contributed by atoms with E-state index in [9.17, 15) is 9.18 Å². The highest BCUT2D eigenvalue weighted by atomic mass is 19.1. The Hall–Kier alpha value is -1.42. The van der Waals surface area contributed by atoms with Crippen LogP contribution < -0.4 is 10.6 Å². The minimum absolute atomic E-state index is 0.0235. The number of anilines is 1. The highest BCUT2D eigenvalue weighted by molar-refractivity contribution is 5.95. The highest BCUT2D eigenvalue weighted by Gasteiger charge is 2.34. The number of rotatable bonds is 2. The normalized spacial score (nSPS) is 18.7. The molecule has 1 aromatic rings. The summed E-state index contributed by atoms with van der Waals surface area (Å²) in [5.41, 5.74) is 0.173. The number of carbonyl (C=O) groups is 1. The average Bonchev–Trinajstić information content (AvgIpc) is 2.30. The molecule has 1 saturated heterocycles. The van der Waals surface area contributed by atoms with Gasteiger partial charge in [0.15, 0.2) is 0 Å². The zero-order valence-electron chi connectivity index (χ0n) is 9.92. The van der Waals surface area contributed by atoms with Crippen LogP contribution in [0.2, 0.25) is 0 Å². The second kappa shape index (κ2) is 4.84. The van der Waals surface area contributed by atoms with Crippen molar-refractivity contribution in [2.24, 2.45) is 5.41 Å². The predicted molar refractivity (Wildman–Crippen MR) is 65.2 cm³/mol. The van der Waals surface area contributed by atoms with Crippen LogP contribution in [0.3, 0.4) is 0 Å². The Morgan fingerprint density at radius 1 is 1.41 bits per heavy atom. The van der Waals surface area contributed by atoms with Crippen LogP contribution in [0.5, 0.6) is 0 Å². The van der Waals surface area contributed by atoms with E-state index in [1.165, 1.54) is 12.1 Å². The molecule has 1 aliphatic heterocycles. The van der Waals surface area contributed by atoms with Gasteiger partial charge < -0.3 is 10.6 Å². The van der Waals surface area contributed by atoms with Crippen molar-refractivity contribution in [2.75, 3.05) is 18.4 Å². The largest absolute Gasteiger partial charge is 0.326 e. The van der Waals surface area contributed by atoms with Gasteiger partial charge in [0.25, 0.3) is 0 Å². The molecule has 3 nitrogen and oxygen atoms in total. The highest BCUT2D eigenvalue weighted by Crippen LogP contribution is 2.29. The van der Waals surface area contributed by atoms with Crippen LogP contribution in [-0.2, 0) is 4.79 Å². The molecule has 4 heteroatoms. The number of hydrogen-bond acceptors (Lipinski definition) is 2. The minimum atomic E-state index is -0.350.